The lowest BCUT2D eigenvalue weighted by molar-refractivity contribution is -0.120. The number of anilines is 1. The maximum absolute atomic E-state index is 12.6. The fraction of sp³-hybridized carbons (Fsp3) is 0.316. The first kappa shape index (κ1) is 15.3. The van der Waals surface area contributed by atoms with Crippen LogP contribution in [0, 0.1) is 20.8 Å². The number of carbonyl (C=O) groups excluding carboxylic acids is 1. The summed E-state index contributed by atoms with van der Waals surface area (Å²) in [4.78, 5) is 12.6. The Morgan fingerprint density at radius 2 is 1.52 bits per heavy atom. The number of nitrogens with one attached hydrogen (secondary N) is 1. The zero-order valence-electron chi connectivity index (χ0n) is 13.4. The van der Waals surface area contributed by atoms with E-state index in [4.69, 9.17) is 0 Å². The quantitative estimate of drug-likeness (QED) is 0.880. The van der Waals surface area contributed by atoms with Gasteiger partial charge in [0.2, 0.25) is 5.91 Å². The number of benzene rings is 2. The van der Waals surface area contributed by atoms with E-state index in [0.717, 1.165) is 11.3 Å². The first-order chi connectivity index (χ1) is 9.80. The molecule has 2 rings (SSSR count). The van der Waals surface area contributed by atoms with Crippen LogP contribution in [0.25, 0.3) is 0 Å². The zero-order chi connectivity index (χ0) is 15.6. The number of hydrogen-bond acceptors (Lipinski definition) is 1. The van der Waals surface area contributed by atoms with Crippen LogP contribution < -0.4 is 5.32 Å². The highest BCUT2D eigenvalue weighted by molar-refractivity contribution is 5.98. The lowest BCUT2D eigenvalue weighted by Crippen LogP contribution is -2.34. The average Bonchev–Trinajstić information content (AvgIpc) is 2.43. The number of rotatable bonds is 3. The monoisotopic (exact) mass is 281 g/mol. The fourth-order valence-corrected chi connectivity index (χ4v) is 2.21. The topological polar surface area (TPSA) is 29.1 Å². The van der Waals surface area contributed by atoms with Crippen LogP contribution in [-0.4, -0.2) is 5.91 Å². The number of aryl methyl sites for hydroxylation is 3. The summed E-state index contributed by atoms with van der Waals surface area (Å²) in [5.41, 5.74) is 4.92. The van der Waals surface area contributed by atoms with Crippen molar-refractivity contribution in [2.24, 2.45) is 0 Å². The van der Waals surface area contributed by atoms with Crippen LogP contribution in [0.3, 0.4) is 0 Å². The van der Waals surface area contributed by atoms with E-state index in [2.05, 4.69) is 19.2 Å². The van der Waals surface area contributed by atoms with Crippen LogP contribution in [0.1, 0.15) is 36.1 Å². The molecule has 0 fully saturated rings. The Labute approximate surface area is 127 Å². The Hall–Kier alpha value is -2.09. The molecule has 0 saturated carbocycles. The normalized spacial score (nSPS) is 11.3. The van der Waals surface area contributed by atoms with E-state index in [9.17, 15) is 4.79 Å². The van der Waals surface area contributed by atoms with Crippen molar-refractivity contribution >= 4 is 11.6 Å². The highest BCUT2D eigenvalue weighted by atomic mass is 16.2. The van der Waals surface area contributed by atoms with Gasteiger partial charge in [-0.05, 0) is 63.4 Å². The van der Waals surface area contributed by atoms with E-state index in [-0.39, 0.29) is 5.91 Å². The molecule has 21 heavy (non-hydrogen) atoms. The molecule has 0 spiro atoms. The van der Waals surface area contributed by atoms with E-state index in [1.165, 1.54) is 16.7 Å². The predicted molar refractivity (Wildman–Crippen MR) is 88.8 cm³/mol. The first-order valence-corrected chi connectivity index (χ1v) is 7.26. The molecule has 0 atom stereocenters. The van der Waals surface area contributed by atoms with Crippen LogP contribution in [0.4, 0.5) is 5.69 Å². The van der Waals surface area contributed by atoms with Gasteiger partial charge in [-0.25, -0.2) is 0 Å². The van der Waals surface area contributed by atoms with Crippen molar-refractivity contribution in [2.75, 3.05) is 5.32 Å². The van der Waals surface area contributed by atoms with Crippen molar-refractivity contribution in [3.05, 3.63) is 64.7 Å². The molecule has 0 aliphatic heterocycles. The van der Waals surface area contributed by atoms with Gasteiger partial charge < -0.3 is 5.32 Å². The molecule has 1 N–H and O–H groups in total. The van der Waals surface area contributed by atoms with E-state index in [0.29, 0.717) is 0 Å². The zero-order valence-corrected chi connectivity index (χ0v) is 13.4. The largest absolute Gasteiger partial charge is 0.325 e. The molecule has 2 nitrogen and oxygen atoms in total. The maximum atomic E-state index is 12.6. The van der Waals surface area contributed by atoms with Gasteiger partial charge in [0, 0.05) is 5.69 Å². The third kappa shape index (κ3) is 3.33. The summed E-state index contributed by atoms with van der Waals surface area (Å²) < 4.78 is 0. The molecule has 1 amide bonds. The lowest BCUT2D eigenvalue weighted by atomic mass is 9.83. The Bertz CT molecular complexity index is 654. The number of carbonyl (C=O) groups is 1. The third-order valence-electron chi connectivity index (χ3n) is 4.11. The SMILES string of the molecule is Cc1ccc(C(C)(C)C(=O)Nc2ccc(C)c(C)c2)cc1. The van der Waals surface area contributed by atoms with E-state index in [1.54, 1.807) is 0 Å². The minimum atomic E-state index is -0.563. The Kier molecular flexibility index (Phi) is 4.17. The molecule has 2 aromatic rings. The van der Waals surface area contributed by atoms with Crippen molar-refractivity contribution in [1.82, 2.24) is 0 Å². The summed E-state index contributed by atoms with van der Waals surface area (Å²) >= 11 is 0. The summed E-state index contributed by atoms with van der Waals surface area (Å²) in [6, 6.07) is 14.1. The van der Waals surface area contributed by atoms with Crippen LogP contribution in [0.5, 0.6) is 0 Å². The second-order valence-electron chi connectivity index (χ2n) is 6.24. The van der Waals surface area contributed by atoms with Crippen LogP contribution >= 0.6 is 0 Å². The first-order valence-electron chi connectivity index (χ1n) is 7.26. The van der Waals surface area contributed by atoms with Gasteiger partial charge in [0.05, 0.1) is 5.41 Å². The van der Waals surface area contributed by atoms with Crippen molar-refractivity contribution < 1.29 is 4.79 Å². The fourth-order valence-electron chi connectivity index (χ4n) is 2.21. The lowest BCUT2D eigenvalue weighted by Gasteiger charge is -2.24. The number of hydrogen-bond donors (Lipinski definition) is 1. The summed E-state index contributed by atoms with van der Waals surface area (Å²) in [6.07, 6.45) is 0. The van der Waals surface area contributed by atoms with Crippen molar-refractivity contribution in [1.29, 1.82) is 0 Å². The standard InChI is InChI=1S/C19H23NO/c1-13-6-9-16(10-7-13)19(4,5)18(21)20-17-11-8-14(2)15(3)12-17/h6-12H,1-5H3,(H,20,21). The molecule has 0 bridgehead atoms. The highest BCUT2D eigenvalue weighted by Gasteiger charge is 2.29. The summed E-state index contributed by atoms with van der Waals surface area (Å²) in [5.74, 6) is 0.00889. The van der Waals surface area contributed by atoms with Crippen molar-refractivity contribution in [2.45, 2.75) is 40.0 Å². The molecular formula is C19H23NO. The predicted octanol–water partition coefficient (Wildman–Crippen LogP) is 4.53. The van der Waals surface area contributed by atoms with E-state index < -0.39 is 5.41 Å². The highest BCUT2D eigenvalue weighted by Crippen LogP contribution is 2.26. The molecule has 0 aromatic heterocycles. The maximum Gasteiger partial charge on any atom is 0.234 e. The average molecular weight is 281 g/mol. The van der Waals surface area contributed by atoms with Gasteiger partial charge in [-0.3, -0.25) is 4.79 Å². The van der Waals surface area contributed by atoms with Gasteiger partial charge in [0.25, 0.3) is 0 Å². The Morgan fingerprint density at radius 1 is 0.905 bits per heavy atom. The molecule has 0 heterocycles. The van der Waals surface area contributed by atoms with Gasteiger partial charge >= 0.3 is 0 Å². The van der Waals surface area contributed by atoms with Crippen LogP contribution in [0.15, 0.2) is 42.5 Å². The second kappa shape index (κ2) is 5.72. The molecule has 0 aliphatic rings. The second-order valence-corrected chi connectivity index (χ2v) is 6.24. The summed E-state index contributed by atoms with van der Waals surface area (Å²) in [7, 11) is 0. The molecule has 110 valence electrons. The smallest absolute Gasteiger partial charge is 0.234 e. The molecular weight excluding hydrogens is 258 g/mol. The van der Waals surface area contributed by atoms with Gasteiger partial charge in [-0.15, -0.1) is 0 Å². The molecule has 0 aliphatic carbocycles. The third-order valence-corrected chi connectivity index (χ3v) is 4.11. The molecule has 2 heteroatoms. The molecule has 0 saturated heterocycles. The Morgan fingerprint density at radius 3 is 2.10 bits per heavy atom. The van der Waals surface area contributed by atoms with Gasteiger partial charge in [-0.1, -0.05) is 35.9 Å². The van der Waals surface area contributed by atoms with Crippen LogP contribution in [-0.2, 0) is 10.2 Å². The number of amides is 1. The molecule has 0 unspecified atom stereocenters. The molecule has 0 radical (unpaired) electrons. The summed E-state index contributed by atoms with van der Waals surface area (Å²) in [5, 5.41) is 3.02. The van der Waals surface area contributed by atoms with Crippen molar-refractivity contribution in [3.8, 4) is 0 Å². The molecule has 2 aromatic carbocycles. The van der Waals surface area contributed by atoms with Gasteiger partial charge in [0.15, 0.2) is 0 Å². The minimum Gasteiger partial charge on any atom is -0.325 e. The minimum absolute atomic E-state index is 0.00889. The van der Waals surface area contributed by atoms with Gasteiger partial charge in [-0.2, -0.15) is 0 Å². The Balaban J connectivity index is 2.21. The van der Waals surface area contributed by atoms with Crippen LogP contribution in [0.2, 0.25) is 0 Å². The van der Waals surface area contributed by atoms with E-state index >= 15 is 0 Å². The van der Waals surface area contributed by atoms with Gasteiger partial charge in [0.1, 0.15) is 0 Å². The summed E-state index contributed by atoms with van der Waals surface area (Å²) in [6.45, 7) is 10.1. The van der Waals surface area contributed by atoms with Crippen molar-refractivity contribution in [3.63, 3.8) is 0 Å². The van der Waals surface area contributed by atoms with E-state index in [1.807, 2.05) is 63.2 Å².